The van der Waals surface area contributed by atoms with Gasteiger partial charge in [0.2, 0.25) is 0 Å². The van der Waals surface area contributed by atoms with Crippen molar-refractivity contribution in [2.75, 3.05) is 0 Å². The smallest absolute Gasteiger partial charge is 0.124 e. The first-order valence-electron chi connectivity index (χ1n) is 7.23. The second kappa shape index (κ2) is 13.1. The molecule has 0 aliphatic carbocycles. The molecular formula is C17H25ClO2. The van der Waals surface area contributed by atoms with E-state index in [0.717, 1.165) is 38.5 Å². The van der Waals surface area contributed by atoms with Crippen molar-refractivity contribution in [1.82, 2.24) is 0 Å². The number of hydrogen-bond acceptors (Lipinski definition) is 2. The van der Waals surface area contributed by atoms with E-state index in [-0.39, 0.29) is 0 Å². The standard InChI is InChI=1S/C17H25ClO2/c1-3-5-7-9-11-13-15(18)17(20)16(19)14-12-10-8-6-4-2/h4,15-17,19-20H,2-3,5-6,8,10,12,14H2,1H3. The highest BCUT2D eigenvalue weighted by molar-refractivity contribution is 6.23. The summed E-state index contributed by atoms with van der Waals surface area (Å²) >= 11 is 5.94. The van der Waals surface area contributed by atoms with Gasteiger partial charge in [0.15, 0.2) is 0 Å². The van der Waals surface area contributed by atoms with Crippen LogP contribution in [-0.4, -0.2) is 27.8 Å². The van der Waals surface area contributed by atoms with Crippen LogP contribution in [0.15, 0.2) is 12.7 Å². The summed E-state index contributed by atoms with van der Waals surface area (Å²) in [6.45, 7) is 5.70. The molecule has 0 aliphatic rings. The van der Waals surface area contributed by atoms with E-state index >= 15 is 0 Å². The van der Waals surface area contributed by atoms with E-state index in [9.17, 15) is 10.2 Å². The summed E-state index contributed by atoms with van der Waals surface area (Å²) in [5.74, 6) is 10.8. The number of unbranched alkanes of at least 4 members (excludes halogenated alkanes) is 4. The number of aliphatic hydroxyl groups excluding tert-OH is 2. The van der Waals surface area contributed by atoms with Crippen LogP contribution in [0.4, 0.5) is 0 Å². The van der Waals surface area contributed by atoms with Crippen LogP contribution in [0.2, 0.25) is 0 Å². The van der Waals surface area contributed by atoms with Gasteiger partial charge in [0.25, 0.3) is 0 Å². The quantitative estimate of drug-likeness (QED) is 0.297. The molecule has 0 rings (SSSR count). The number of halogens is 1. The summed E-state index contributed by atoms with van der Waals surface area (Å²) in [4.78, 5) is 0. The molecule has 0 heterocycles. The van der Waals surface area contributed by atoms with Gasteiger partial charge < -0.3 is 10.2 Å². The van der Waals surface area contributed by atoms with Crippen LogP contribution in [0.3, 0.4) is 0 Å². The molecule has 0 saturated carbocycles. The molecule has 0 radical (unpaired) electrons. The van der Waals surface area contributed by atoms with Gasteiger partial charge in [0.05, 0.1) is 6.10 Å². The average Bonchev–Trinajstić information content (AvgIpc) is 2.45. The molecule has 3 heteroatoms. The summed E-state index contributed by atoms with van der Waals surface area (Å²) in [5.41, 5.74) is 0. The summed E-state index contributed by atoms with van der Waals surface area (Å²) in [6.07, 6.45) is 6.26. The highest BCUT2D eigenvalue weighted by Crippen LogP contribution is 2.13. The van der Waals surface area contributed by atoms with Gasteiger partial charge in [-0.25, -0.2) is 0 Å². The molecule has 0 fully saturated rings. The molecule has 0 bridgehead atoms. The number of hydrogen-bond donors (Lipinski definition) is 2. The summed E-state index contributed by atoms with van der Waals surface area (Å²) in [7, 11) is 0. The Labute approximate surface area is 128 Å². The normalized spacial score (nSPS) is 14.2. The van der Waals surface area contributed by atoms with Crippen LogP contribution in [0, 0.1) is 23.7 Å². The highest BCUT2D eigenvalue weighted by Gasteiger charge is 2.22. The first-order valence-corrected chi connectivity index (χ1v) is 7.66. The maximum atomic E-state index is 9.84. The molecule has 0 aromatic rings. The fraction of sp³-hybridized carbons (Fsp3) is 0.647. The lowest BCUT2D eigenvalue weighted by Gasteiger charge is -2.18. The van der Waals surface area contributed by atoms with Crippen molar-refractivity contribution in [3.63, 3.8) is 0 Å². The zero-order chi connectivity index (χ0) is 15.2. The molecule has 0 spiro atoms. The van der Waals surface area contributed by atoms with Gasteiger partial charge in [-0.15, -0.1) is 18.2 Å². The Morgan fingerprint density at radius 2 is 1.95 bits per heavy atom. The van der Waals surface area contributed by atoms with Gasteiger partial charge in [0, 0.05) is 6.42 Å². The Bertz CT molecular complexity index is 370. The lowest BCUT2D eigenvalue weighted by Crippen LogP contribution is -2.33. The van der Waals surface area contributed by atoms with E-state index in [1.54, 1.807) is 0 Å². The molecule has 0 aliphatic heterocycles. The van der Waals surface area contributed by atoms with Crippen molar-refractivity contribution in [2.24, 2.45) is 0 Å². The highest BCUT2D eigenvalue weighted by atomic mass is 35.5. The third-order valence-electron chi connectivity index (χ3n) is 2.84. The lowest BCUT2D eigenvalue weighted by atomic mass is 10.0. The number of rotatable bonds is 9. The fourth-order valence-electron chi connectivity index (χ4n) is 1.61. The predicted molar refractivity (Wildman–Crippen MR) is 85.4 cm³/mol. The van der Waals surface area contributed by atoms with Crippen molar-refractivity contribution in [2.45, 2.75) is 69.5 Å². The van der Waals surface area contributed by atoms with Gasteiger partial charge in [-0.1, -0.05) is 37.7 Å². The van der Waals surface area contributed by atoms with E-state index in [1.807, 2.05) is 13.0 Å². The monoisotopic (exact) mass is 296 g/mol. The Morgan fingerprint density at radius 3 is 2.60 bits per heavy atom. The Hall–Kier alpha value is -0.930. The van der Waals surface area contributed by atoms with Gasteiger partial charge in [-0.3, -0.25) is 0 Å². The van der Waals surface area contributed by atoms with Crippen LogP contribution in [0.1, 0.15) is 51.9 Å². The summed E-state index contributed by atoms with van der Waals surface area (Å²) < 4.78 is 0. The van der Waals surface area contributed by atoms with Crippen molar-refractivity contribution in [3.05, 3.63) is 12.7 Å². The van der Waals surface area contributed by atoms with Crippen LogP contribution in [-0.2, 0) is 0 Å². The average molecular weight is 297 g/mol. The van der Waals surface area contributed by atoms with Crippen LogP contribution in [0.5, 0.6) is 0 Å². The molecule has 0 amide bonds. The topological polar surface area (TPSA) is 40.5 Å². The molecule has 0 aromatic carbocycles. The van der Waals surface area contributed by atoms with Gasteiger partial charge >= 0.3 is 0 Å². The van der Waals surface area contributed by atoms with E-state index in [1.165, 1.54) is 0 Å². The minimum atomic E-state index is -1.03. The molecule has 3 atom stereocenters. The van der Waals surface area contributed by atoms with E-state index < -0.39 is 17.6 Å². The van der Waals surface area contributed by atoms with E-state index in [0.29, 0.717) is 6.42 Å². The first kappa shape index (κ1) is 19.1. The third-order valence-corrected chi connectivity index (χ3v) is 3.21. The minimum absolute atomic E-state index is 0.532. The predicted octanol–water partition coefficient (Wildman–Crippen LogP) is 3.26. The summed E-state index contributed by atoms with van der Waals surface area (Å²) in [6, 6.07) is 0. The van der Waals surface area contributed by atoms with Crippen molar-refractivity contribution < 1.29 is 10.2 Å². The Kier molecular flexibility index (Phi) is 12.5. The van der Waals surface area contributed by atoms with Crippen LogP contribution >= 0.6 is 11.6 Å². The maximum absolute atomic E-state index is 9.84. The Morgan fingerprint density at radius 1 is 1.20 bits per heavy atom. The fourth-order valence-corrected chi connectivity index (χ4v) is 1.83. The summed E-state index contributed by atoms with van der Waals surface area (Å²) in [5, 5.41) is 18.9. The molecule has 2 N–H and O–H groups in total. The molecule has 0 saturated heterocycles. The van der Waals surface area contributed by atoms with Crippen LogP contribution in [0.25, 0.3) is 0 Å². The number of aliphatic hydroxyl groups is 2. The maximum Gasteiger partial charge on any atom is 0.124 e. The zero-order valence-corrected chi connectivity index (χ0v) is 13.0. The largest absolute Gasteiger partial charge is 0.390 e. The van der Waals surface area contributed by atoms with Crippen molar-refractivity contribution >= 4 is 11.6 Å². The second-order valence-electron chi connectivity index (χ2n) is 4.71. The molecule has 3 unspecified atom stereocenters. The van der Waals surface area contributed by atoms with Gasteiger partial charge in [-0.05, 0) is 37.5 Å². The molecule has 0 aromatic heterocycles. The zero-order valence-electron chi connectivity index (χ0n) is 12.2. The van der Waals surface area contributed by atoms with Gasteiger partial charge in [-0.2, -0.15) is 0 Å². The lowest BCUT2D eigenvalue weighted by molar-refractivity contribution is 0.0185. The van der Waals surface area contributed by atoms with E-state index in [2.05, 4.69) is 30.3 Å². The van der Waals surface area contributed by atoms with Crippen LogP contribution < -0.4 is 0 Å². The number of alkyl halides is 1. The first-order chi connectivity index (χ1) is 9.63. The number of allylic oxidation sites excluding steroid dienone is 1. The molecule has 20 heavy (non-hydrogen) atoms. The van der Waals surface area contributed by atoms with E-state index in [4.69, 9.17) is 11.6 Å². The molecular weight excluding hydrogens is 272 g/mol. The Balaban J connectivity index is 4.00. The van der Waals surface area contributed by atoms with Crippen molar-refractivity contribution in [1.29, 1.82) is 0 Å². The minimum Gasteiger partial charge on any atom is -0.390 e. The molecule has 112 valence electrons. The second-order valence-corrected chi connectivity index (χ2v) is 5.18. The third kappa shape index (κ3) is 9.93. The molecule has 2 nitrogen and oxygen atoms in total. The van der Waals surface area contributed by atoms with Gasteiger partial charge in [0.1, 0.15) is 11.5 Å². The SMILES string of the molecule is C=CCCCCCC(O)C(O)C(Cl)C#CC#CCCC. The van der Waals surface area contributed by atoms with Crippen molar-refractivity contribution in [3.8, 4) is 23.7 Å².